The van der Waals surface area contributed by atoms with Crippen molar-refractivity contribution in [1.82, 2.24) is 0 Å². The van der Waals surface area contributed by atoms with Gasteiger partial charge in [-0.1, -0.05) is 70.0 Å². The van der Waals surface area contributed by atoms with Crippen molar-refractivity contribution in [3.05, 3.63) is 79.7 Å². The number of aliphatic carboxylic acids is 2. The predicted octanol–water partition coefficient (Wildman–Crippen LogP) is -2.64. The van der Waals surface area contributed by atoms with Gasteiger partial charge in [0.15, 0.2) is 0 Å². The first-order chi connectivity index (χ1) is 13.6. The maximum atomic E-state index is 12.1. The SMILES string of the molecule is CC12CC(C)(C(C(=O)[O-])=C1C(=O)[O-])C(c1ccc(Br)cc1)=C2c1ccc(Br)cc1.[Na+].[Na+]. The van der Waals surface area contributed by atoms with E-state index in [0.29, 0.717) is 6.42 Å². The number of carbonyl (C=O) groups is 2. The quantitative estimate of drug-likeness (QED) is 0.382. The maximum Gasteiger partial charge on any atom is 1.00 e. The third-order valence-electron chi connectivity index (χ3n) is 6.09. The van der Waals surface area contributed by atoms with Gasteiger partial charge in [-0.15, -0.1) is 0 Å². The molecular formula is C23H16Br2Na2O4. The summed E-state index contributed by atoms with van der Waals surface area (Å²) < 4.78 is 1.80. The molecular weight excluding hydrogens is 546 g/mol. The Kier molecular flexibility index (Phi) is 8.37. The number of carbonyl (C=O) groups excluding carboxylic acids is 2. The van der Waals surface area contributed by atoms with Crippen LogP contribution in [-0.2, 0) is 9.59 Å². The number of rotatable bonds is 4. The summed E-state index contributed by atoms with van der Waals surface area (Å²) in [6.45, 7) is 3.57. The van der Waals surface area contributed by atoms with Gasteiger partial charge in [-0.3, -0.25) is 0 Å². The number of halogens is 2. The fourth-order valence-corrected chi connectivity index (χ4v) is 5.76. The number of hydrogen-bond donors (Lipinski definition) is 0. The fraction of sp³-hybridized carbons (Fsp3) is 0.217. The van der Waals surface area contributed by atoms with Crippen LogP contribution in [0.1, 0.15) is 31.4 Å². The molecule has 0 fully saturated rings. The molecule has 2 aliphatic rings. The molecule has 0 saturated carbocycles. The molecule has 0 heterocycles. The molecule has 0 radical (unpaired) electrons. The molecule has 2 unspecified atom stereocenters. The van der Waals surface area contributed by atoms with Gasteiger partial charge in [0.1, 0.15) is 0 Å². The van der Waals surface area contributed by atoms with Gasteiger partial charge in [0.25, 0.3) is 0 Å². The zero-order valence-electron chi connectivity index (χ0n) is 17.7. The molecule has 0 N–H and O–H groups in total. The number of benzene rings is 2. The Morgan fingerprint density at radius 1 is 0.710 bits per heavy atom. The van der Waals surface area contributed by atoms with Crippen LogP contribution in [0.2, 0.25) is 0 Å². The van der Waals surface area contributed by atoms with Crippen LogP contribution < -0.4 is 69.3 Å². The van der Waals surface area contributed by atoms with E-state index in [0.717, 1.165) is 31.2 Å². The third kappa shape index (κ3) is 4.24. The summed E-state index contributed by atoms with van der Waals surface area (Å²) in [4.78, 5) is 24.2. The first-order valence-corrected chi connectivity index (χ1v) is 10.6. The number of carboxylic acids is 2. The van der Waals surface area contributed by atoms with Crippen molar-refractivity contribution >= 4 is 54.9 Å². The van der Waals surface area contributed by atoms with Crippen LogP contribution in [0.4, 0.5) is 0 Å². The maximum absolute atomic E-state index is 12.1. The van der Waals surface area contributed by atoms with Crippen molar-refractivity contribution in [3.8, 4) is 0 Å². The zero-order valence-corrected chi connectivity index (χ0v) is 24.9. The fourth-order valence-electron chi connectivity index (χ4n) is 5.23. The molecule has 2 atom stereocenters. The molecule has 2 bridgehead atoms. The molecule has 2 aromatic rings. The Hall–Kier alpha value is -0.180. The first-order valence-electron chi connectivity index (χ1n) is 9.04. The van der Waals surface area contributed by atoms with Gasteiger partial charge in [-0.2, -0.15) is 0 Å². The molecule has 2 aliphatic carbocycles. The third-order valence-corrected chi connectivity index (χ3v) is 7.15. The van der Waals surface area contributed by atoms with Crippen LogP contribution in [-0.4, -0.2) is 11.9 Å². The molecule has 148 valence electrons. The van der Waals surface area contributed by atoms with Crippen LogP contribution in [0.3, 0.4) is 0 Å². The molecule has 0 aliphatic heterocycles. The Labute approximate surface area is 242 Å². The van der Waals surface area contributed by atoms with Gasteiger partial charge in [0, 0.05) is 19.8 Å². The van der Waals surface area contributed by atoms with Crippen LogP contribution >= 0.6 is 31.9 Å². The Morgan fingerprint density at radius 2 is 1.00 bits per heavy atom. The summed E-state index contributed by atoms with van der Waals surface area (Å²) in [6.07, 6.45) is 0.337. The monoisotopic (exact) mass is 560 g/mol. The normalized spacial score (nSPS) is 24.0. The summed E-state index contributed by atoms with van der Waals surface area (Å²) in [5.74, 6) is -2.92. The molecule has 2 aromatic carbocycles. The van der Waals surface area contributed by atoms with Crippen molar-refractivity contribution in [1.29, 1.82) is 0 Å². The minimum Gasteiger partial charge on any atom is -0.545 e. The minimum absolute atomic E-state index is 0. The van der Waals surface area contributed by atoms with Crippen LogP contribution in [0.15, 0.2) is 68.6 Å². The second-order valence-corrected chi connectivity index (χ2v) is 9.76. The summed E-state index contributed by atoms with van der Waals surface area (Å²) >= 11 is 6.86. The molecule has 0 aromatic heterocycles. The van der Waals surface area contributed by atoms with Crippen molar-refractivity contribution in [3.63, 3.8) is 0 Å². The number of allylic oxidation sites excluding steroid dienone is 2. The van der Waals surface area contributed by atoms with Gasteiger partial charge in [-0.25, -0.2) is 0 Å². The molecule has 0 saturated heterocycles. The summed E-state index contributed by atoms with van der Waals surface area (Å²) in [5, 5.41) is 24.2. The molecule has 0 amide bonds. The smallest absolute Gasteiger partial charge is 0.545 e. The first kappa shape index (κ1) is 27.1. The Morgan fingerprint density at radius 3 is 1.26 bits per heavy atom. The largest absolute Gasteiger partial charge is 1.00 e. The predicted molar refractivity (Wildman–Crippen MR) is 113 cm³/mol. The van der Waals surface area contributed by atoms with E-state index in [2.05, 4.69) is 31.9 Å². The van der Waals surface area contributed by atoms with E-state index < -0.39 is 22.8 Å². The van der Waals surface area contributed by atoms with Crippen molar-refractivity contribution in [2.24, 2.45) is 10.8 Å². The summed E-state index contributed by atoms with van der Waals surface area (Å²) in [7, 11) is 0. The second-order valence-electron chi connectivity index (χ2n) is 7.93. The number of hydrogen-bond acceptors (Lipinski definition) is 4. The van der Waals surface area contributed by atoms with Gasteiger partial charge < -0.3 is 19.8 Å². The molecule has 4 rings (SSSR count). The Balaban J connectivity index is 0.00000171. The second kappa shape index (κ2) is 9.59. The molecule has 4 nitrogen and oxygen atoms in total. The van der Waals surface area contributed by atoms with E-state index >= 15 is 0 Å². The van der Waals surface area contributed by atoms with E-state index in [1.807, 2.05) is 48.5 Å². The zero-order chi connectivity index (χ0) is 21.1. The van der Waals surface area contributed by atoms with Gasteiger partial charge in [-0.05, 0) is 64.1 Å². The van der Waals surface area contributed by atoms with Gasteiger partial charge >= 0.3 is 59.1 Å². The van der Waals surface area contributed by atoms with Crippen molar-refractivity contribution in [2.75, 3.05) is 0 Å². The average Bonchev–Trinajstić information content (AvgIpc) is 3.04. The van der Waals surface area contributed by atoms with Crippen LogP contribution in [0.5, 0.6) is 0 Å². The minimum atomic E-state index is -1.46. The average molecular weight is 562 g/mol. The Bertz CT molecular complexity index is 1040. The molecule has 8 heteroatoms. The topological polar surface area (TPSA) is 80.3 Å². The summed E-state index contributed by atoms with van der Waals surface area (Å²) in [5.41, 5.74) is 0.982. The van der Waals surface area contributed by atoms with E-state index in [4.69, 9.17) is 0 Å². The number of fused-ring (bicyclic) bond motifs is 2. The standard InChI is InChI=1S/C23H18Br2O4.2Na/c1-22-11-23(2,19(21(28)29)18(22)20(26)27)17(13-5-9-15(25)10-6-13)16(22)12-3-7-14(24)8-4-12;;/h3-10H,11H2,1-2H3,(H,26,27)(H,28,29);;/q;2*+1/p-2. The van der Waals surface area contributed by atoms with Gasteiger partial charge in [0.2, 0.25) is 0 Å². The molecule has 0 spiro atoms. The van der Waals surface area contributed by atoms with E-state index in [9.17, 15) is 19.8 Å². The van der Waals surface area contributed by atoms with Gasteiger partial charge in [0.05, 0.1) is 11.9 Å². The molecule has 31 heavy (non-hydrogen) atoms. The van der Waals surface area contributed by atoms with E-state index in [1.165, 1.54) is 0 Å². The van der Waals surface area contributed by atoms with Crippen LogP contribution in [0, 0.1) is 10.8 Å². The summed E-state index contributed by atoms with van der Waals surface area (Å²) in [6, 6.07) is 15.2. The van der Waals surface area contributed by atoms with Crippen LogP contribution in [0.25, 0.3) is 11.1 Å². The van der Waals surface area contributed by atoms with E-state index in [1.54, 1.807) is 13.8 Å². The van der Waals surface area contributed by atoms with E-state index in [-0.39, 0.29) is 70.3 Å². The van der Waals surface area contributed by atoms with Crippen molar-refractivity contribution < 1.29 is 78.9 Å². The number of carboxylic acid groups (broad SMARTS) is 2. The van der Waals surface area contributed by atoms with Crippen molar-refractivity contribution in [2.45, 2.75) is 20.3 Å².